The van der Waals surface area contributed by atoms with E-state index in [-0.39, 0.29) is 11.1 Å². The van der Waals surface area contributed by atoms with Crippen LogP contribution in [0.15, 0.2) is 17.2 Å². The molecule has 0 fully saturated rings. The molecule has 7 heteroatoms. The second-order valence-electron chi connectivity index (χ2n) is 3.22. The standard InChI is InChI=1S/C9H12N6O/c10-2-1-3-13-8-6-7(9(16)15-14-8)12-5-4-11-6/h4-5H,1-3,10H2,(H,13,14)(H,15,16). The van der Waals surface area contributed by atoms with Gasteiger partial charge in [0.25, 0.3) is 5.56 Å². The fourth-order valence-electron chi connectivity index (χ4n) is 1.32. The summed E-state index contributed by atoms with van der Waals surface area (Å²) in [5.41, 5.74) is 5.80. The van der Waals surface area contributed by atoms with E-state index in [1.54, 1.807) is 0 Å². The van der Waals surface area contributed by atoms with Crippen LogP contribution in [-0.4, -0.2) is 33.3 Å². The molecule has 0 aromatic carbocycles. The number of anilines is 1. The molecule has 0 radical (unpaired) electrons. The fraction of sp³-hybridized carbons (Fsp3) is 0.333. The van der Waals surface area contributed by atoms with Gasteiger partial charge in [-0.25, -0.2) is 15.1 Å². The first kappa shape index (κ1) is 10.5. The number of nitrogens with two attached hydrogens (primary N) is 1. The van der Waals surface area contributed by atoms with Gasteiger partial charge in [0.15, 0.2) is 11.3 Å². The second kappa shape index (κ2) is 4.67. The molecule has 84 valence electrons. The Labute approximate surface area is 91.1 Å². The van der Waals surface area contributed by atoms with Crippen molar-refractivity contribution in [1.82, 2.24) is 20.2 Å². The van der Waals surface area contributed by atoms with Crippen molar-refractivity contribution in [3.63, 3.8) is 0 Å². The molecule has 0 saturated carbocycles. The SMILES string of the molecule is NCCCNc1n[nH]c(=O)c2nccnc12. The van der Waals surface area contributed by atoms with Gasteiger partial charge in [-0.2, -0.15) is 5.10 Å². The monoisotopic (exact) mass is 220 g/mol. The van der Waals surface area contributed by atoms with Crippen LogP contribution in [0.1, 0.15) is 6.42 Å². The minimum Gasteiger partial charge on any atom is -0.367 e. The van der Waals surface area contributed by atoms with E-state index in [0.29, 0.717) is 24.4 Å². The summed E-state index contributed by atoms with van der Waals surface area (Å²) < 4.78 is 0. The van der Waals surface area contributed by atoms with E-state index in [4.69, 9.17) is 5.73 Å². The van der Waals surface area contributed by atoms with Gasteiger partial charge in [0.1, 0.15) is 5.52 Å². The predicted molar refractivity (Wildman–Crippen MR) is 60.1 cm³/mol. The molecule has 2 aromatic heterocycles. The van der Waals surface area contributed by atoms with E-state index in [1.165, 1.54) is 12.4 Å². The normalized spacial score (nSPS) is 10.6. The van der Waals surface area contributed by atoms with E-state index in [0.717, 1.165) is 6.42 Å². The van der Waals surface area contributed by atoms with Crippen molar-refractivity contribution in [2.45, 2.75) is 6.42 Å². The summed E-state index contributed by atoms with van der Waals surface area (Å²) in [7, 11) is 0. The highest BCUT2D eigenvalue weighted by Crippen LogP contribution is 2.11. The Kier molecular flexibility index (Phi) is 3.06. The summed E-state index contributed by atoms with van der Waals surface area (Å²) in [6.45, 7) is 1.28. The maximum atomic E-state index is 11.4. The largest absolute Gasteiger partial charge is 0.367 e. The van der Waals surface area contributed by atoms with Crippen LogP contribution in [-0.2, 0) is 0 Å². The molecule has 4 N–H and O–H groups in total. The molecule has 0 aliphatic heterocycles. The lowest BCUT2D eigenvalue weighted by Gasteiger charge is -2.05. The number of hydrogen-bond acceptors (Lipinski definition) is 6. The summed E-state index contributed by atoms with van der Waals surface area (Å²) in [5, 5.41) is 9.31. The number of rotatable bonds is 4. The van der Waals surface area contributed by atoms with Crippen LogP contribution in [0.25, 0.3) is 11.0 Å². The first-order valence-electron chi connectivity index (χ1n) is 4.96. The Balaban J connectivity index is 2.38. The third-order valence-corrected chi connectivity index (χ3v) is 2.08. The first-order chi connectivity index (χ1) is 7.83. The maximum Gasteiger partial charge on any atom is 0.292 e. The van der Waals surface area contributed by atoms with Crippen molar-refractivity contribution in [1.29, 1.82) is 0 Å². The highest BCUT2D eigenvalue weighted by atomic mass is 16.1. The quantitative estimate of drug-likeness (QED) is 0.598. The number of fused-ring (bicyclic) bond motifs is 1. The molecular weight excluding hydrogens is 208 g/mol. The van der Waals surface area contributed by atoms with Crippen LogP contribution in [0.4, 0.5) is 5.82 Å². The Hall–Kier alpha value is -2.02. The molecule has 0 unspecified atom stereocenters. The predicted octanol–water partition coefficient (Wildman–Crippen LogP) is -0.526. The third-order valence-electron chi connectivity index (χ3n) is 2.08. The van der Waals surface area contributed by atoms with Gasteiger partial charge in [-0.1, -0.05) is 0 Å². The summed E-state index contributed by atoms with van der Waals surface area (Å²) in [5.74, 6) is 0.524. The molecule has 0 spiro atoms. The molecule has 7 nitrogen and oxygen atoms in total. The van der Waals surface area contributed by atoms with Crippen LogP contribution in [0.2, 0.25) is 0 Å². The highest BCUT2D eigenvalue weighted by Gasteiger charge is 2.07. The van der Waals surface area contributed by atoms with E-state index in [2.05, 4.69) is 25.5 Å². The lowest BCUT2D eigenvalue weighted by molar-refractivity contribution is 0.863. The molecule has 2 aromatic rings. The fourth-order valence-corrected chi connectivity index (χ4v) is 1.32. The van der Waals surface area contributed by atoms with Gasteiger partial charge in [-0.15, -0.1) is 0 Å². The topological polar surface area (TPSA) is 110 Å². The minimum absolute atomic E-state index is 0.285. The number of aromatic nitrogens is 4. The van der Waals surface area contributed by atoms with Crippen LogP contribution in [0, 0.1) is 0 Å². The van der Waals surface area contributed by atoms with Gasteiger partial charge >= 0.3 is 0 Å². The maximum absolute atomic E-state index is 11.4. The summed E-state index contributed by atoms with van der Waals surface area (Å²) in [4.78, 5) is 19.4. The number of H-pyrrole nitrogens is 1. The molecule has 0 atom stereocenters. The van der Waals surface area contributed by atoms with E-state index < -0.39 is 0 Å². The smallest absolute Gasteiger partial charge is 0.292 e. The van der Waals surface area contributed by atoms with E-state index >= 15 is 0 Å². The Morgan fingerprint density at radius 1 is 1.31 bits per heavy atom. The third kappa shape index (κ3) is 1.98. The molecule has 0 bridgehead atoms. The molecule has 2 rings (SSSR count). The van der Waals surface area contributed by atoms with Gasteiger partial charge in [-0.05, 0) is 13.0 Å². The zero-order valence-corrected chi connectivity index (χ0v) is 8.60. The van der Waals surface area contributed by atoms with Crippen LogP contribution >= 0.6 is 0 Å². The summed E-state index contributed by atoms with van der Waals surface area (Å²) in [6, 6.07) is 0. The van der Waals surface area contributed by atoms with E-state index in [1.807, 2.05) is 0 Å². The zero-order valence-electron chi connectivity index (χ0n) is 8.60. The van der Waals surface area contributed by atoms with Gasteiger partial charge in [-0.3, -0.25) is 4.79 Å². The number of nitrogens with one attached hydrogen (secondary N) is 2. The Morgan fingerprint density at radius 2 is 2.06 bits per heavy atom. The van der Waals surface area contributed by atoms with Gasteiger partial charge in [0.05, 0.1) is 0 Å². The first-order valence-corrected chi connectivity index (χ1v) is 4.96. The second-order valence-corrected chi connectivity index (χ2v) is 3.22. The van der Waals surface area contributed by atoms with Crippen LogP contribution in [0.5, 0.6) is 0 Å². The van der Waals surface area contributed by atoms with Crippen molar-refractivity contribution in [2.24, 2.45) is 5.73 Å². The molecular formula is C9H12N6O. The zero-order chi connectivity index (χ0) is 11.4. The van der Waals surface area contributed by atoms with Gasteiger partial charge < -0.3 is 11.1 Å². The average molecular weight is 220 g/mol. The summed E-state index contributed by atoms with van der Waals surface area (Å²) >= 11 is 0. The van der Waals surface area contributed by atoms with Crippen molar-refractivity contribution >= 4 is 16.9 Å². The molecule has 16 heavy (non-hydrogen) atoms. The van der Waals surface area contributed by atoms with Gasteiger partial charge in [0, 0.05) is 18.9 Å². The minimum atomic E-state index is -0.340. The molecule has 2 heterocycles. The summed E-state index contributed by atoms with van der Waals surface area (Å²) in [6.07, 6.45) is 3.82. The molecule has 0 aliphatic carbocycles. The van der Waals surface area contributed by atoms with Crippen molar-refractivity contribution in [2.75, 3.05) is 18.4 Å². The Bertz CT molecular complexity index is 537. The van der Waals surface area contributed by atoms with Crippen molar-refractivity contribution < 1.29 is 0 Å². The van der Waals surface area contributed by atoms with Crippen molar-refractivity contribution in [3.8, 4) is 0 Å². The number of hydrogen-bond donors (Lipinski definition) is 3. The Morgan fingerprint density at radius 3 is 2.81 bits per heavy atom. The average Bonchev–Trinajstić information content (AvgIpc) is 2.33. The lowest BCUT2D eigenvalue weighted by Crippen LogP contribution is -2.15. The van der Waals surface area contributed by atoms with Crippen molar-refractivity contribution in [3.05, 3.63) is 22.7 Å². The number of aromatic amines is 1. The van der Waals surface area contributed by atoms with Crippen LogP contribution in [0.3, 0.4) is 0 Å². The molecule has 0 aliphatic rings. The van der Waals surface area contributed by atoms with Crippen LogP contribution < -0.4 is 16.6 Å². The highest BCUT2D eigenvalue weighted by molar-refractivity contribution is 5.83. The van der Waals surface area contributed by atoms with Gasteiger partial charge in [0.2, 0.25) is 0 Å². The lowest BCUT2D eigenvalue weighted by atomic mass is 10.3. The number of nitrogens with zero attached hydrogens (tertiary/aromatic N) is 3. The molecule has 0 amide bonds. The van der Waals surface area contributed by atoms with E-state index in [9.17, 15) is 4.79 Å². The molecule has 0 saturated heterocycles.